The summed E-state index contributed by atoms with van der Waals surface area (Å²) >= 11 is 1.24. The number of rotatable bonds is 5. The summed E-state index contributed by atoms with van der Waals surface area (Å²) in [5, 5.41) is 8.05. The van der Waals surface area contributed by atoms with Gasteiger partial charge in [-0.2, -0.15) is 0 Å². The lowest BCUT2D eigenvalue weighted by atomic mass is 10.1. The molecule has 0 atom stereocenters. The molecule has 1 aromatic carbocycles. The molecule has 6 nitrogen and oxygen atoms in total. The van der Waals surface area contributed by atoms with Gasteiger partial charge in [-0.05, 0) is 18.6 Å². The molecule has 7 heteroatoms. The van der Waals surface area contributed by atoms with Gasteiger partial charge in [0, 0.05) is 18.1 Å². The lowest BCUT2D eigenvalue weighted by Gasteiger charge is -2.13. The number of aromatic nitrogens is 2. The van der Waals surface area contributed by atoms with Crippen LogP contribution in [0.15, 0.2) is 24.3 Å². The van der Waals surface area contributed by atoms with Gasteiger partial charge >= 0.3 is 0 Å². The van der Waals surface area contributed by atoms with Crippen molar-refractivity contribution in [2.45, 2.75) is 19.9 Å². The number of nitrogens with zero attached hydrogens (tertiary/aromatic N) is 3. The van der Waals surface area contributed by atoms with Crippen molar-refractivity contribution < 1.29 is 9.59 Å². The first kappa shape index (κ1) is 13.7. The highest BCUT2D eigenvalue weighted by atomic mass is 32.1. The second kappa shape index (κ2) is 5.61. The summed E-state index contributed by atoms with van der Waals surface area (Å²) in [6.45, 7) is 3.01. The van der Waals surface area contributed by atoms with Gasteiger partial charge in [-0.1, -0.05) is 23.5 Å². The summed E-state index contributed by atoms with van der Waals surface area (Å²) in [5.41, 5.74) is 1.53. The molecule has 2 amide bonds. The Morgan fingerprint density at radius 3 is 2.48 bits per heavy atom. The maximum atomic E-state index is 12.3. The van der Waals surface area contributed by atoms with Gasteiger partial charge in [0.1, 0.15) is 10.7 Å². The number of fused-ring (bicyclic) bond motifs is 1. The summed E-state index contributed by atoms with van der Waals surface area (Å²) in [4.78, 5) is 25.8. The first-order valence-corrected chi connectivity index (χ1v) is 7.50. The third kappa shape index (κ3) is 2.40. The summed E-state index contributed by atoms with van der Waals surface area (Å²) in [5.74, 6) is -0.546. The van der Waals surface area contributed by atoms with Crippen LogP contribution in [0.3, 0.4) is 0 Å². The maximum absolute atomic E-state index is 12.3. The minimum absolute atomic E-state index is 0.148. The summed E-state index contributed by atoms with van der Waals surface area (Å²) < 4.78 is 3.90. The van der Waals surface area contributed by atoms with Crippen molar-refractivity contribution >= 4 is 28.3 Å². The minimum Gasteiger partial charge on any atom is -0.374 e. The molecular weight excluding hydrogens is 288 g/mol. The molecule has 0 saturated carbocycles. The molecule has 108 valence electrons. The lowest BCUT2D eigenvalue weighted by Crippen LogP contribution is -2.29. The quantitative estimate of drug-likeness (QED) is 0.857. The van der Waals surface area contributed by atoms with Crippen molar-refractivity contribution in [3.05, 3.63) is 41.1 Å². The standard InChI is InChI=1S/C14H14N4O2S/c1-2-7-15-12-11(16-17-21-12)8-18-13(19)9-5-3-4-6-10(9)14(18)20/h3-6,15H,2,7-8H2,1H3. The average Bonchev–Trinajstić information content (AvgIpc) is 3.04. The number of imide groups is 1. The van der Waals surface area contributed by atoms with Crippen LogP contribution in [-0.4, -0.2) is 32.8 Å². The molecule has 0 bridgehead atoms. The van der Waals surface area contributed by atoms with E-state index in [2.05, 4.69) is 21.8 Å². The van der Waals surface area contributed by atoms with E-state index in [-0.39, 0.29) is 18.4 Å². The first-order valence-electron chi connectivity index (χ1n) is 6.72. The molecule has 1 aromatic heterocycles. The molecule has 0 unspecified atom stereocenters. The van der Waals surface area contributed by atoms with Crippen LogP contribution in [0.2, 0.25) is 0 Å². The molecule has 1 aliphatic heterocycles. The molecule has 2 heterocycles. The zero-order valence-corrected chi connectivity index (χ0v) is 12.3. The number of hydrogen-bond donors (Lipinski definition) is 1. The highest BCUT2D eigenvalue weighted by molar-refractivity contribution is 7.10. The maximum Gasteiger partial charge on any atom is 0.261 e. The fourth-order valence-corrected chi connectivity index (χ4v) is 2.82. The minimum atomic E-state index is -0.273. The Morgan fingerprint density at radius 2 is 1.86 bits per heavy atom. The van der Waals surface area contributed by atoms with Gasteiger partial charge < -0.3 is 5.32 Å². The van der Waals surface area contributed by atoms with E-state index in [1.165, 1.54) is 16.4 Å². The normalized spacial score (nSPS) is 13.7. The Kier molecular flexibility index (Phi) is 3.66. The Hall–Kier alpha value is -2.28. The van der Waals surface area contributed by atoms with Crippen LogP contribution >= 0.6 is 11.5 Å². The van der Waals surface area contributed by atoms with Crippen LogP contribution < -0.4 is 5.32 Å². The molecule has 0 saturated heterocycles. The van der Waals surface area contributed by atoms with E-state index >= 15 is 0 Å². The summed E-state index contributed by atoms with van der Waals surface area (Å²) in [6.07, 6.45) is 0.977. The number of carbonyl (C=O) groups excluding carboxylic acids is 2. The zero-order chi connectivity index (χ0) is 14.8. The third-order valence-corrected chi connectivity index (χ3v) is 4.00. The molecule has 0 radical (unpaired) electrons. The van der Waals surface area contributed by atoms with Crippen LogP contribution in [0.25, 0.3) is 0 Å². The fourth-order valence-electron chi connectivity index (χ4n) is 2.22. The topological polar surface area (TPSA) is 75.2 Å². The smallest absolute Gasteiger partial charge is 0.261 e. The van der Waals surface area contributed by atoms with Crippen LogP contribution in [0.4, 0.5) is 5.00 Å². The molecule has 1 aliphatic rings. The van der Waals surface area contributed by atoms with Gasteiger partial charge in [0.05, 0.1) is 17.7 Å². The SMILES string of the molecule is CCCNc1snnc1CN1C(=O)c2ccccc2C1=O. The van der Waals surface area contributed by atoms with E-state index in [4.69, 9.17) is 0 Å². The Balaban J connectivity index is 1.83. The van der Waals surface area contributed by atoms with E-state index in [1.54, 1.807) is 24.3 Å². The highest BCUT2D eigenvalue weighted by Crippen LogP contribution is 2.26. The number of anilines is 1. The van der Waals surface area contributed by atoms with Crippen LogP contribution in [0.1, 0.15) is 39.8 Å². The number of benzene rings is 1. The summed E-state index contributed by atoms with van der Waals surface area (Å²) in [7, 11) is 0. The van der Waals surface area contributed by atoms with Gasteiger partial charge in [-0.15, -0.1) is 5.10 Å². The molecule has 0 aliphatic carbocycles. The molecule has 0 spiro atoms. The highest BCUT2D eigenvalue weighted by Gasteiger charge is 2.35. The van der Waals surface area contributed by atoms with E-state index in [0.717, 1.165) is 18.0 Å². The van der Waals surface area contributed by atoms with Crippen molar-refractivity contribution in [2.24, 2.45) is 0 Å². The van der Waals surface area contributed by atoms with Crippen molar-refractivity contribution in [2.75, 3.05) is 11.9 Å². The Bertz CT molecular complexity index is 663. The van der Waals surface area contributed by atoms with Gasteiger partial charge in [-0.3, -0.25) is 14.5 Å². The zero-order valence-electron chi connectivity index (χ0n) is 11.5. The van der Waals surface area contributed by atoms with Gasteiger partial charge in [0.15, 0.2) is 0 Å². The Morgan fingerprint density at radius 1 is 1.19 bits per heavy atom. The number of carbonyl (C=O) groups is 2. The largest absolute Gasteiger partial charge is 0.374 e. The van der Waals surface area contributed by atoms with Crippen LogP contribution in [0.5, 0.6) is 0 Å². The van der Waals surface area contributed by atoms with Crippen molar-refractivity contribution in [3.63, 3.8) is 0 Å². The van der Waals surface area contributed by atoms with Crippen molar-refractivity contribution in [3.8, 4) is 0 Å². The second-order valence-electron chi connectivity index (χ2n) is 4.72. The van der Waals surface area contributed by atoms with Crippen LogP contribution in [0, 0.1) is 0 Å². The summed E-state index contributed by atoms with van der Waals surface area (Å²) in [6, 6.07) is 6.86. The molecule has 21 heavy (non-hydrogen) atoms. The van der Waals surface area contributed by atoms with E-state index < -0.39 is 0 Å². The average molecular weight is 302 g/mol. The van der Waals surface area contributed by atoms with Gasteiger partial charge in [0.2, 0.25) is 0 Å². The third-order valence-electron chi connectivity index (χ3n) is 3.28. The number of hydrogen-bond acceptors (Lipinski definition) is 6. The Labute approximate surface area is 125 Å². The number of nitrogens with one attached hydrogen (secondary N) is 1. The fraction of sp³-hybridized carbons (Fsp3) is 0.286. The molecule has 2 aromatic rings. The molecule has 3 rings (SSSR count). The van der Waals surface area contributed by atoms with E-state index in [0.29, 0.717) is 16.8 Å². The van der Waals surface area contributed by atoms with E-state index in [1.807, 2.05) is 0 Å². The van der Waals surface area contributed by atoms with Crippen LogP contribution in [-0.2, 0) is 6.54 Å². The van der Waals surface area contributed by atoms with E-state index in [9.17, 15) is 9.59 Å². The predicted octanol–water partition coefficient (Wildman–Crippen LogP) is 2.16. The van der Waals surface area contributed by atoms with Gasteiger partial charge in [-0.25, -0.2) is 0 Å². The molecular formula is C14H14N4O2S. The van der Waals surface area contributed by atoms with Gasteiger partial charge in [0.25, 0.3) is 11.8 Å². The van der Waals surface area contributed by atoms with Crippen molar-refractivity contribution in [1.29, 1.82) is 0 Å². The predicted molar refractivity (Wildman–Crippen MR) is 79.3 cm³/mol. The molecule has 1 N–H and O–H groups in total. The first-order chi connectivity index (χ1) is 10.2. The second-order valence-corrected chi connectivity index (χ2v) is 5.47. The lowest BCUT2D eigenvalue weighted by molar-refractivity contribution is 0.0641. The monoisotopic (exact) mass is 302 g/mol. The molecule has 0 fully saturated rings. The van der Waals surface area contributed by atoms with Crippen molar-refractivity contribution in [1.82, 2.24) is 14.5 Å². The number of amides is 2.